The Morgan fingerprint density at radius 3 is 2.36 bits per heavy atom. The molecule has 5 rings (SSSR count). The molecule has 164 valence electrons. The van der Waals surface area contributed by atoms with E-state index in [1.54, 1.807) is 0 Å². The van der Waals surface area contributed by atoms with Gasteiger partial charge in [0.05, 0.1) is 21.8 Å². The van der Waals surface area contributed by atoms with Crippen molar-refractivity contribution in [2.24, 2.45) is 0 Å². The number of amides is 1. The van der Waals surface area contributed by atoms with Crippen LogP contribution in [0.3, 0.4) is 0 Å². The van der Waals surface area contributed by atoms with Gasteiger partial charge in [-0.15, -0.1) is 0 Å². The maximum absolute atomic E-state index is 13.7. The number of pyridine rings is 1. The third-order valence-electron chi connectivity index (χ3n) is 5.23. The third-order valence-corrected chi connectivity index (χ3v) is 6.25. The highest BCUT2D eigenvalue weighted by Gasteiger charge is 2.48. The van der Waals surface area contributed by atoms with Gasteiger partial charge in [-0.25, -0.2) is 13.8 Å². The van der Waals surface area contributed by atoms with E-state index in [0.717, 1.165) is 28.4 Å². The summed E-state index contributed by atoms with van der Waals surface area (Å²) in [6, 6.07) is 9.53. The maximum atomic E-state index is 13.7. The topological polar surface area (TPSA) is 104 Å². The van der Waals surface area contributed by atoms with E-state index in [9.17, 15) is 28.6 Å². The molecule has 1 aliphatic heterocycles. The Balaban J connectivity index is 1.74. The Morgan fingerprint density at radius 1 is 1.00 bits per heavy atom. The van der Waals surface area contributed by atoms with Gasteiger partial charge in [-0.1, -0.05) is 23.5 Å². The van der Waals surface area contributed by atoms with E-state index in [0.29, 0.717) is 5.56 Å². The molecule has 4 aromatic rings. The first kappa shape index (κ1) is 20.7. The molecule has 7 nitrogen and oxygen atoms in total. The Kier molecular flexibility index (Phi) is 4.86. The van der Waals surface area contributed by atoms with Gasteiger partial charge in [0.2, 0.25) is 0 Å². The maximum Gasteiger partial charge on any atom is 0.301 e. The lowest BCUT2D eigenvalue weighted by Crippen LogP contribution is -2.29. The van der Waals surface area contributed by atoms with Gasteiger partial charge in [0.15, 0.2) is 16.8 Å². The Hall–Kier alpha value is -4.18. The second kappa shape index (κ2) is 7.75. The molecule has 1 aliphatic rings. The minimum Gasteiger partial charge on any atom is -0.508 e. The van der Waals surface area contributed by atoms with Crippen molar-refractivity contribution >= 4 is 44.1 Å². The van der Waals surface area contributed by atoms with Gasteiger partial charge in [0.1, 0.15) is 11.5 Å². The summed E-state index contributed by atoms with van der Waals surface area (Å²) in [6.07, 6.45) is 2.86. The van der Waals surface area contributed by atoms with Gasteiger partial charge in [0, 0.05) is 24.0 Å². The summed E-state index contributed by atoms with van der Waals surface area (Å²) in [5, 5.41) is 20.7. The number of benzene rings is 2. The van der Waals surface area contributed by atoms with E-state index in [1.807, 2.05) is 0 Å². The number of Topliss-reactive ketones (excluding diaryl/α,β-unsaturated/α-hetero) is 1. The van der Waals surface area contributed by atoms with E-state index in [1.165, 1.54) is 48.8 Å². The van der Waals surface area contributed by atoms with Gasteiger partial charge in [-0.3, -0.25) is 19.5 Å². The number of carbonyl (C=O) groups excluding carboxylic acids is 2. The molecule has 0 bridgehead atoms. The van der Waals surface area contributed by atoms with Crippen molar-refractivity contribution < 1.29 is 28.6 Å². The van der Waals surface area contributed by atoms with E-state index in [-0.39, 0.29) is 32.2 Å². The van der Waals surface area contributed by atoms with Crippen molar-refractivity contribution in [1.29, 1.82) is 0 Å². The molecule has 1 amide bonds. The van der Waals surface area contributed by atoms with Crippen LogP contribution in [-0.2, 0) is 9.59 Å². The molecule has 1 unspecified atom stereocenters. The van der Waals surface area contributed by atoms with Crippen molar-refractivity contribution in [2.45, 2.75) is 6.04 Å². The molecule has 33 heavy (non-hydrogen) atoms. The van der Waals surface area contributed by atoms with E-state index in [2.05, 4.69) is 9.97 Å². The number of aliphatic hydroxyl groups is 1. The van der Waals surface area contributed by atoms with Crippen LogP contribution in [0.4, 0.5) is 13.9 Å². The van der Waals surface area contributed by atoms with E-state index < -0.39 is 35.1 Å². The van der Waals surface area contributed by atoms with Crippen molar-refractivity contribution in [3.05, 3.63) is 89.3 Å². The molecular formula is C23H13F2N3O4S. The zero-order valence-corrected chi connectivity index (χ0v) is 17.4. The van der Waals surface area contributed by atoms with Crippen LogP contribution in [0.5, 0.6) is 5.75 Å². The number of ketones is 1. The molecule has 1 saturated heterocycles. The number of aliphatic hydroxyl groups excluding tert-OH is 1. The first-order valence-corrected chi connectivity index (χ1v) is 10.4. The Labute approximate surface area is 188 Å². The molecule has 0 saturated carbocycles. The molecule has 0 spiro atoms. The van der Waals surface area contributed by atoms with Gasteiger partial charge in [-0.2, -0.15) is 0 Å². The van der Waals surface area contributed by atoms with Crippen LogP contribution >= 0.6 is 11.3 Å². The van der Waals surface area contributed by atoms with Crippen LogP contribution in [0.15, 0.2) is 66.5 Å². The number of hydrogen-bond donors (Lipinski definition) is 2. The lowest BCUT2D eigenvalue weighted by Gasteiger charge is -2.23. The first-order chi connectivity index (χ1) is 15.8. The lowest BCUT2D eigenvalue weighted by atomic mass is 9.95. The zero-order valence-electron chi connectivity index (χ0n) is 16.6. The highest BCUT2D eigenvalue weighted by atomic mass is 32.1. The fourth-order valence-electron chi connectivity index (χ4n) is 3.68. The Morgan fingerprint density at radius 2 is 1.67 bits per heavy atom. The van der Waals surface area contributed by atoms with Gasteiger partial charge >= 0.3 is 5.91 Å². The van der Waals surface area contributed by atoms with Gasteiger partial charge < -0.3 is 10.2 Å². The molecule has 2 aromatic carbocycles. The first-order valence-electron chi connectivity index (χ1n) is 9.61. The number of aromatic nitrogens is 2. The smallest absolute Gasteiger partial charge is 0.301 e. The second-order valence-corrected chi connectivity index (χ2v) is 8.24. The van der Waals surface area contributed by atoms with E-state index >= 15 is 0 Å². The number of phenols is 1. The molecule has 1 atom stereocenters. The summed E-state index contributed by atoms with van der Waals surface area (Å²) in [4.78, 5) is 35.4. The van der Waals surface area contributed by atoms with Gasteiger partial charge in [0.25, 0.3) is 5.78 Å². The summed E-state index contributed by atoms with van der Waals surface area (Å²) < 4.78 is 27.7. The number of nitrogens with zero attached hydrogens (tertiary/aromatic N) is 3. The SMILES string of the molecule is O=C1C(=O)N(c2nc3cc(F)c(F)cc3s2)C(c2ccc(O)cc2)/C1=C(\O)c1ccncc1. The molecule has 3 heterocycles. The van der Waals surface area contributed by atoms with Crippen molar-refractivity contribution in [3.8, 4) is 5.75 Å². The second-order valence-electron chi connectivity index (χ2n) is 7.23. The normalized spacial score (nSPS) is 17.8. The average molecular weight is 465 g/mol. The quantitative estimate of drug-likeness (QED) is 0.266. The fourth-order valence-corrected chi connectivity index (χ4v) is 4.68. The minimum atomic E-state index is -1.09. The van der Waals surface area contributed by atoms with Gasteiger partial charge in [-0.05, 0) is 35.9 Å². The number of halogens is 2. The highest BCUT2D eigenvalue weighted by molar-refractivity contribution is 7.22. The highest BCUT2D eigenvalue weighted by Crippen LogP contribution is 2.44. The molecule has 1 fully saturated rings. The number of fused-ring (bicyclic) bond motifs is 1. The van der Waals surface area contributed by atoms with E-state index in [4.69, 9.17) is 0 Å². The third kappa shape index (κ3) is 3.40. The fraction of sp³-hybridized carbons (Fsp3) is 0.0435. The molecule has 0 aliphatic carbocycles. The zero-order chi connectivity index (χ0) is 23.3. The lowest BCUT2D eigenvalue weighted by molar-refractivity contribution is -0.132. The summed E-state index contributed by atoms with van der Waals surface area (Å²) in [7, 11) is 0. The number of anilines is 1. The molecule has 2 aromatic heterocycles. The number of thiazole rings is 1. The minimum absolute atomic E-state index is 0.0314. The summed E-state index contributed by atoms with van der Waals surface area (Å²) in [5.41, 5.74) is 0.627. The monoisotopic (exact) mass is 465 g/mol. The largest absolute Gasteiger partial charge is 0.508 e. The number of hydrogen-bond acceptors (Lipinski definition) is 7. The molecule has 0 radical (unpaired) electrons. The standard InChI is InChI=1S/C23H13F2N3O4S/c24-14-9-16-17(10-15(14)25)33-23(27-16)28-19(11-1-3-13(29)4-2-11)18(21(31)22(28)32)20(30)12-5-7-26-8-6-12/h1-10,19,29-30H/b20-18+. The summed E-state index contributed by atoms with van der Waals surface area (Å²) >= 11 is 0.906. The van der Waals surface area contributed by atoms with Crippen LogP contribution < -0.4 is 4.90 Å². The van der Waals surface area contributed by atoms with Crippen molar-refractivity contribution in [3.63, 3.8) is 0 Å². The van der Waals surface area contributed by atoms with Crippen LogP contribution in [0.1, 0.15) is 17.2 Å². The number of carbonyl (C=O) groups is 2. The predicted molar refractivity (Wildman–Crippen MR) is 117 cm³/mol. The van der Waals surface area contributed by atoms with Crippen LogP contribution in [0, 0.1) is 11.6 Å². The van der Waals surface area contributed by atoms with Crippen LogP contribution in [-0.4, -0.2) is 31.9 Å². The van der Waals surface area contributed by atoms with Crippen molar-refractivity contribution in [2.75, 3.05) is 4.90 Å². The molecule has 2 N–H and O–H groups in total. The number of phenolic OH excluding ortho intramolecular Hbond substituents is 1. The number of aromatic hydroxyl groups is 1. The Bertz CT molecular complexity index is 1410. The number of rotatable bonds is 3. The summed E-state index contributed by atoms with van der Waals surface area (Å²) in [6.45, 7) is 0. The molecule has 10 heteroatoms. The summed E-state index contributed by atoms with van der Waals surface area (Å²) in [5.74, 6) is -4.49. The average Bonchev–Trinajstić information content (AvgIpc) is 3.32. The predicted octanol–water partition coefficient (Wildman–Crippen LogP) is 4.30. The van der Waals surface area contributed by atoms with Crippen LogP contribution in [0.2, 0.25) is 0 Å². The molecular weight excluding hydrogens is 452 g/mol. The van der Waals surface area contributed by atoms with Crippen LogP contribution in [0.25, 0.3) is 16.0 Å². The van der Waals surface area contributed by atoms with Crippen molar-refractivity contribution in [1.82, 2.24) is 9.97 Å².